The van der Waals surface area contributed by atoms with E-state index in [1.807, 2.05) is 18.2 Å². The van der Waals surface area contributed by atoms with Crippen molar-refractivity contribution in [2.45, 2.75) is 12.2 Å². The number of nitrogens with zero attached hydrogens (tertiary/aromatic N) is 1. The summed E-state index contributed by atoms with van der Waals surface area (Å²) in [5.41, 5.74) is 7.94. The van der Waals surface area contributed by atoms with Crippen LogP contribution in [-0.2, 0) is 0 Å². The van der Waals surface area contributed by atoms with Crippen molar-refractivity contribution in [3.05, 3.63) is 29.8 Å². The van der Waals surface area contributed by atoms with Gasteiger partial charge in [0, 0.05) is 5.25 Å². The number of nitrogens with two attached hydrogens (primary N) is 1. The van der Waals surface area contributed by atoms with Crippen LogP contribution in [0.3, 0.4) is 0 Å². The highest BCUT2D eigenvalue weighted by molar-refractivity contribution is 8.14. The van der Waals surface area contributed by atoms with Crippen LogP contribution in [-0.4, -0.2) is 5.17 Å². The number of benzene rings is 1. The predicted molar refractivity (Wildman–Crippen MR) is 53.7 cm³/mol. The molecule has 1 heterocycles. The van der Waals surface area contributed by atoms with Gasteiger partial charge in [-0.2, -0.15) is 0 Å². The molecule has 0 saturated heterocycles. The second kappa shape index (κ2) is 2.83. The number of hydrogen-bond donors (Lipinski definition) is 1. The molecule has 2 nitrogen and oxygen atoms in total. The summed E-state index contributed by atoms with van der Waals surface area (Å²) in [6.45, 7) is 2.14. The number of fused-ring (bicyclic) bond motifs is 1. The van der Waals surface area contributed by atoms with Crippen molar-refractivity contribution in [2.24, 2.45) is 10.7 Å². The minimum Gasteiger partial charge on any atom is -0.378 e. The van der Waals surface area contributed by atoms with E-state index in [0.29, 0.717) is 10.4 Å². The average molecular weight is 178 g/mol. The Kier molecular flexibility index (Phi) is 1.81. The second-order valence-electron chi connectivity index (χ2n) is 2.77. The monoisotopic (exact) mass is 178 g/mol. The fraction of sp³-hybridized carbons (Fsp3) is 0.222. The summed E-state index contributed by atoms with van der Waals surface area (Å²) in [4.78, 5) is 4.25. The summed E-state index contributed by atoms with van der Waals surface area (Å²) in [6.07, 6.45) is 0. The number of rotatable bonds is 0. The Morgan fingerprint density at radius 1 is 1.42 bits per heavy atom. The lowest BCUT2D eigenvalue weighted by atomic mass is 10.1. The van der Waals surface area contributed by atoms with Crippen LogP contribution in [0.2, 0.25) is 0 Å². The van der Waals surface area contributed by atoms with E-state index in [4.69, 9.17) is 5.73 Å². The summed E-state index contributed by atoms with van der Waals surface area (Å²) in [5, 5.41) is 1.10. The number of aliphatic imine (C=N–C) groups is 1. The minimum absolute atomic E-state index is 0.429. The van der Waals surface area contributed by atoms with E-state index in [0.717, 1.165) is 5.69 Å². The molecule has 62 valence electrons. The maximum Gasteiger partial charge on any atom is 0.159 e. The predicted octanol–water partition coefficient (Wildman–Crippen LogP) is 2.44. The van der Waals surface area contributed by atoms with E-state index >= 15 is 0 Å². The smallest absolute Gasteiger partial charge is 0.159 e. The highest BCUT2D eigenvalue weighted by atomic mass is 32.2. The SMILES string of the molecule is CC1SC(N)=Nc2ccccc21. The Morgan fingerprint density at radius 3 is 3.00 bits per heavy atom. The average Bonchev–Trinajstić information content (AvgIpc) is 2.04. The fourth-order valence-electron chi connectivity index (χ4n) is 1.32. The van der Waals surface area contributed by atoms with Crippen molar-refractivity contribution >= 4 is 22.6 Å². The van der Waals surface area contributed by atoms with Gasteiger partial charge in [0.05, 0.1) is 5.69 Å². The third-order valence-corrected chi connectivity index (χ3v) is 2.84. The van der Waals surface area contributed by atoms with E-state index in [1.54, 1.807) is 11.8 Å². The van der Waals surface area contributed by atoms with Gasteiger partial charge >= 0.3 is 0 Å². The van der Waals surface area contributed by atoms with Crippen LogP contribution in [0.5, 0.6) is 0 Å². The molecule has 1 atom stereocenters. The maximum absolute atomic E-state index is 5.65. The van der Waals surface area contributed by atoms with Gasteiger partial charge in [0.15, 0.2) is 5.17 Å². The molecule has 1 aliphatic rings. The highest BCUT2D eigenvalue weighted by Crippen LogP contribution is 2.38. The molecule has 0 amide bonds. The van der Waals surface area contributed by atoms with Crippen molar-refractivity contribution < 1.29 is 0 Å². The summed E-state index contributed by atoms with van der Waals surface area (Å²) >= 11 is 1.61. The first-order valence-electron chi connectivity index (χ1n) is 3.87. The zero-order valence-corrected chi connectivity index (χ0v) is 7.64. The van der Waals surface area contributed by atoms with Gasteiger partial charge in [0.25, 0.3) is 0 Å². The largest absolute Gasteiger partial charge is 0.378 e. The third kappa shape index (κ3) is 1.20. The molecular weight excluding hydrogens is 168 g/mol. The lowest BCUT2D eigenvalue weighted by Gasteiger charge is -2.18. The Morgan fingerprint density at radius 2 is 2.17 bits per heavy atom. The van der Waals surface area contributed by atoms with E-state index < -0.39 is 0 Å². The zero-order chi connectivity index (χ0) is 8.55. The molecule has 1 aromatic rings. The number of thioether (sulfide) groups is 1. The van der Waals surface area contributed by atoms with Crippen LogP contribution < -0.4 is 5.73 Å². The van der Waals surface area contributed by atoms with Crippen LogP contribution in [0.4, 0.5) is 5.69 Å². The summed E-state index contributed by atoms with van der Waals surface area (Å²) in [7, 11) is 0. The standard InChI is InChI=1S/C9H10N2S/c1-6-7-4-2-3-5-8(7)11-9(10)12-6/h2-6H,1H3,(H2,10,11). The first kappa shape index (κ1) is 7.68. The Bertz CT molecular complexity index is 333. The molecule has 1 aromatic carbocycles. The minimum atomic E-state index is 0.429. The molecule has 2 N–H and O–H groups in total. The van der Waals surface area contributed by atoms with Gasteiger partial charge in [-0.1, -0.05) is 30.0 Å². The highest BCUT2D eigenvalue weighted by Gasteiger charge is 2.16. The summed E-state index contributed by atoms with van der Waals surface area (Å²) < 4.78 is 0. The van der Waals surface area contributed by atoms with Crippen molar-refractivity contribution in [1.82, 2.24) is 0 Å². The molecule has 12 heavy (non-hydrogen) atoms. The Hall–Kier alpha value is -0.960. The van der Waals surface area contributed by atoms with Gasteiger partial charge in [0.1, 0.15) is 0 Å². The van der Waals surface area contributed by atoms with Gasteiger partial charge in [-0.05, 0) is 18.6 Å². The number of amidine groups is 1. The Labute approximate surface area is 75.9 Å². The number of hydrogen-bond acceptors (Lipinski definition) is 3. The third-order valence-electron chi connectivity index (χ3n) is 1.90. The fourth-order valence-corrected chi connectivity index (χ4v) is 2.16. The quantitative estimate of drug-likeness (QED) is 0.662. The van der Waals surface area contributed by atoms with Crippen LogP contribution in [0, 0.1) is 0 Å². The van der Waals surface area contributed by atoms with Crippen molar-refractivity contribution in [3.8, 4) is 0 Å². The van der Waals surface area contributed by atoms with Gasteiger partial charge < -0.3 is 5.73 Å². The first-order chi connectivity index (χ1) is 5.77. The van der Waals surface area contributed by atoms with Crippen LogP contribution in [0.25, 0.3) is 0 Å². The lowest BCUT2D eigenvalue weighted by molar-refractivity contribution is 1.09. The molecule has 0 aliphatic carbocycles. The van der Waals surface area contributed by atoms with Crippen molar-refractivity contribution in [2.75, 3.05) is 0 Å². The molecule has 0 saturated carbocycles. The van der Waals surface area contributed by atoms with E-state index in [2.05, 4.69) is 18.0 Å². The molecule has 1 unspecified atom stereocenters. The molecule has 0 bridgehead atoms. The molecular formula is C9H10N2S. The molecule has 0 aromatic heterocycles. The summed E-state index contributed by atoms with van der Waals surface area (Å²) in [5.74, 6) is 0. The van der Waals surface area contributed by atoms with Gasteiger partial charge in [-0.3, -0.25) is 0 Å². The van der Waals surface area contributed by atoms with E-state index in [1.165, 1.54) is 5.56 Å². The molecule has 2 rings (SSSR count). The molecule has 0 spiro atoms. The van der Waals surface area contributed by atoms with Gasteiger partial charge in [-0.25, -0.2) is 4.99 Å². The normalized spacial score (nSPS) is 21.4. The van der Waals surface area contributed by atoms with Crippen molar-refractivity contribution in [1.29, 1.82) is 0 Å². The maximum atomic E-state index is 5.65. The van der Waals surface area contributed by atoms with Crippen molar-refractivity contribution in [3.63, 3.8) is 0 Å². The summed E-state index contributed by atoms with van der Waals surface area (Å²) in [6, 6.07) is 8.12. The molecule has 1 aliphatic heterocycles. The molecule has 0 fully saturated rings. The van der Waals surface area contributed by atoms with E-state index in [-0.39, 0.29) is 0 Å². The van der Waals surface area contributed by atoms with Gasteiger partial charge in [0.2, 0.25) is 0 Å². The topological polar surface area (TPSA) is 38.4 Å². The first-order valence-corrected chi connectivity index (χ1v) is 4.75. The van der Waals surface area contributed by atoms with Crippen LogP contribution in [0.1, 0.15) is 17.7 Å². The zero-order valence-electron chi connectivity index (χ0n) is 6.82. The van der Waals surface area contributed by atoms with Crippen LogP contribution in [0.15, 0.2) is 29.3 Å². The Balaban J connectivity index is 2.55. The van der Waals surface area contributed by atoms with Crippen LogP contribution >= 0.6 is 11.8 Å². The molecule has 3 heteroatoms. The molecule has 0 radical (unpaired) electrons. The van der Waals surface area contributed by atoms with Gasteiger partial charge in [-0.15, -0.1) is 0 Å². The second-order valence-corrected chi connectivity index (χ2v) is 4.13. The van der Waals surface area contributed by atoms with E-state index in [9.17, 15) is 0 Å². The number of para-hydroxylation sites is 1. The lowest BCUT2D eigenvalue weighted by Crippen LogP contribution is -2.11.